The molecule has 3 N–H and O–H groups in total. The second-order valence-corrected chi connectivity index (χ2v) is 6.80. The Bertz CT molecular complexity index is 712. The molecule has 1 heterocycles. The number of halogens is 1. The minimum Gasteiger partial charge on any atom is -0.316 e. The van der Waals surface area contributed by atoms with Gasteiger partial charge in [0.15, 0.2) is 5.03 Å². The van der Waals surface area contributed by atoms with E-state index in [0.29, 0.717) is 17.8 Å². The number of rotatable bonds is 5. The number of H-pyrrole nitrogens is 1. The molecule has 0 saturated heterocycles. The van der Waals surface area contributed by atoms with Crippen molar-refractivity contribution in [2.75, 3.05) is 11.8 Å². The number of aromatic nitrogens is 2. The summed E-state index contributed by atoms with van der Waals surface area (Å²) in [5.74, 6) is 0. The van der Waals surface area contributed by atoms with E-state index in [1.54, 1.807) is 19.2 Å². The van der Waals surface area contributed by atoms with Gasteiger partial charge in [-0.2, -0.15) is 13.5 Å². The first-order valence-electron chi connectivity index (χ1n) is 5.90. The Kier molecular flexibility index (Phi) is 4.46. The van der Waals surface area contributed by atoms with Crippen LogP contribution in [0.1, 0.15) is 11.1 Å². The normalized spacial score (nSPS) is 11.6. The fourth-order valence-electron chi connectivity index (χ4n) is 1.71. The maximum atomic E-state index is 12.3. The van der Waals surface area contributed by atoms with E-state index in [-0.39, 0.29) is 5.03 Å². The van der Waals surface area contributed by atoms with Crippen LogP contribution in [0.15, 0.2) is 33.9 Å². The molecule has 2 rings (SSSR count). The number of hydrogen-bond acceptors (Lipinski definition) is 4. The van der Waals surface area contributed by atoms with Gasteiger partial charge in [0.05, 0.1) is 11.9 Å². The van der Waals surface area contributed by atoms with Gasteiger partial charge < -0.3 is 5.32 Å². The van der Waals surface area contributed by atoms with E-state index in [1.807, 2.05) is 13.0 Å². The predicted octanol–water partition coefficient (Wildman–Crippen LogP) is 2.00. The summed E-state index contributed by atoms with van der Waals surface area (Å²) < 4.78 is 28.0. The molecule has 0 atom stereocenters. The van der Waals surface area contributed by atoms with Crippen LogP contribution in [0.2, 0.25) is 0 Å². The van der Waals surface area contributed by atoms with Crippen molar-refractivity contribution in [3.05, 3.63) is 40.0 Å². The van der Waals surface area contributed by atoms with Gasteiger partial charge in [-0.25, -0.2) is 0 Å². The van der Waals surface area contributed by atoms with Gasteiger partial charge in [0.1, 0.15) is 0 Å². The fraction of sp³-hybridized carbons (Fsp3) is 0.250. The summed E-state index contributed by atoms with van der Waals surface area (Å²) >= 11 is 3.38. The molecule has 0 aliphatic carbocycles. The van der Waals surface area contributed by atoms with E-state index in [9.17, 15) is 8.42 Å². The molecule has 0 unspecified atom stereocenters. The van der Waals surface area contributed by atoms with Crippen LogP contribution in [0, 0.1) is 6.92 Å². The zero-order valence-corrected chi connectivity index (χ0v) is 13.5. The SMILES string of the molecule is CNCc1cn[nH]c1S(=O)(=O)Nc1ccc(C)c(Br)c1. The predicted molar refractivity (Wildman–Crippen MR) is 81.0 cm³/mol. The lowest BCUT2D eigenvalue weighted by Crippen LogP contribution is -2.17. The highest BCUT2D eigenvalue weighted by molar-refractivity contribution is 9.10. The van der Waals surface area contributed by atoms with Gasteiger partial charge in [0.2, 0.25) is 0 Å². The van der Waals surface area contributed by atoms with Gasteiger partial charge in [0.25, 0.3) is 10.0 Å². The number of nitrogens with one attached hydrogen (secondary N) is 3. The van der Waals surface area contributed by atoms with Crippen LogP contribution >= 0.6 is 15.9 Å². The Morgan fingerprint density at radius 2 is 2.15 bits per heavy atom. The summed E-state index contributed by atoms with van der Waals surface area (Å²) in [6.07, 6.45) is 1.50. The van der Waals surface area contributed by atoms with Crippen LogP contribution in [-0.2, 0) is 16.6 Å². The molecule has 20 heavy (non-hydrogen) atoms. The Hall–Kier alpha value is -1.38. The van der Waals surface area contributed by atoms with Crippen LogP contribution in [0.5, 0.6) is 0 Å². The molecule has 2 aromatic rings. The highest BCUT2D eigenvalue weighted by Gasteiger charge is 2.20. The van der Waals surface area contributed by atoms with Gasteiger partial charge >= 0.3 is 0 Å². The highest BCUT2D eigenvalue weighted by atomic mass is 79.9. The molecule has 1 aromatic carbocycles. The van der Waals surface area contributed by atoms with E-state index in [2.05, 4.69) is 36.2 Å². The van der Waals surface area contributed by atoms with Crippen molar-refractivity contribution in [1.29, 1.82) is 0 Å². The van der Waals surface area contributed by atoms with Crippen molar-refractivity contribution in [2.45, 2.75) is 18.5 Å². The lowest BCUT2D eigenvalue weighted by molar-refractivity contribution is 0.595. The van der Waals surface area contributed by atoms with Gasteiger partial charge in [0, 0.05) is 16.6 Å². The Balaban J connectivity index is 2.30. The molecule has 0 fully saturated rings. The number of benzene rings is 1. The molecule has 0 radical (unpaired) electrons. The van der Waals surface area contributed by atoms with Gasteiger partial charge in [-0.05, 0) is 31.7 Å². The maximum Gasteiger partial charge on any atom is 0.279 e. The number of sulfonamides is 1. The van der Waals surface area contributed by atoms with Crippen molar-refractivity contribution in [1.82, 2.24) is 15.5 Å². The smallest absolute Gasteiger partial charge is 0.279 e. The third-order valence-corrected chi connectivity index (χ3v) is 4.99. The molecule has 108 valence electrons. The van der Waals surface area contributed by atoms with Crippen molar-refractivity contribution >= 4 is 31.6 Å². The van der Waals surface area contributed by atoms with Gasteiger partial charge in [-0.1, -0.05) is 22.0 Å². The van der Waals surface area contributed by atoms with Crippen molar-refractivity contribution in [3.63, 3.8) is 0 Å². The molecule has 0 spiro atoms. The van der Waals surface area contributed by atoms with E-state index < -0.39 is 10.0 Å². The average molecular weight is 359 g/mol. The van der Waals surface area contributed by atoms with Crippen LogP contribution in [0.3, 0.4) is 0 Å². The molecule has 8 heteroatoms. The number of nitrogens with zero attached hydrogens (tertiary/aromatic N) is 1. The van der Waals surface area contributed by atoms with Crippen molar-refractivity contribution in [3.8, 4) is 0 Å². The summed E-state index contributed by atoms with van der Waals surface area (Å²) in [4.78, 5) is 0. The molecule has 0 saturated carbocycles. The van der Waals surface area contributed by atoms with Crippen LogP contribution in [0.4, 0.5) is 5.69 Å². The second kappa shape index (κ2) is 5.94. The highest BCUT2D eigenvalue weighted by Crippen LogP contribution is 2.23. The lowest BCUT2D eigenvalue weighted by atomic mass is 10.2. The van der Waals surface area contributed by atoms with E-state index in [0.717, 1.165) is 10.0 Å². The molecule has 0 bridgehead atoms. The first kappa shape index (κ1) is 15.0. The molecule has 0 aliphatic rings. The van der Waals surface area contributed by atoms with E-state index in [4.69, 9.17) is 0 Å². The first-order valence-corrected chi connectivity index (χ1v) is 8.17. The third kappa shape index (κ3) is 3.20. The van der Waals surface area contributed by atoms with E-state index in [1.165, 1.54) is 6.20 Å². The number of anilines is 1. The zero-order chi connectivity index (χ0) is 14.8. The van der Waals surface area contributed by atoms with Gasteiger partial charge in [-0.15, -0.1) is 0 Å². The summed E-state index contributed by atoms with van der Waals surface area (Å²) in [6, 6.07) is 5.27. The molecule has 0 aliphatic heterocycles. The lowest BCUT2D eigenvalue weighted by Gasteiger charge is -2.09. The zero-order valence-electron chi connectivity index (χ0n) is 11.1. The molecular formula is C12H15BrN4O2S. The van der Waals surface area contributed by atoms with Crippen LogP contribution < -0.4 is 10.0 Å². The topological polar surface area (TPSA) is 86.9 Å². The number of aromatic amines is 1. The van der Waals surface area contributed by atoms with Crippen LogP contribution in [-0.4, -0.2) is 25.7 Å². The number of hydrogen-bond donors (Lipinski definition) is 3. The quantitative estimate of drug-likeness (QED) is 0.762. The standard InChI is InChI=1S/C12H15BrN4O2S/c1-8-3-4-10(5-11(8)13)17-20(18,19)12-9(6-14-2)7-15-16-12/h3-5,7,14,17H,6H2,1-2H3,(H,15,16). The first-order chi connectivity index (χ1) is 9.44. The molecular weight excluding hydrogens is 344 g/mol. The Morgan fingerprint density at radius 3 is 2.80 bits per heavy atom. The monoisotopic (exact) mass is 358 g/mol. The Labute approximate surface area is 126 Å². The summed E-state index contributed by atoms with van der Waals surface area (Å²) in [5.41, 5.74) is 2.11. The summed E-state index contributed by atoms with van der Waals surface area (Å²) in [6.45, 7) is 2.35. The molecule has 0 amide bonds. The maximum absolute atomic E-state index is 12.3. The average Bonchev–Trinajstić information content (AvgIpc) is 2.83. The minimum atomic E-state index is -3.68. The van der Waals surface area contributed by atoms with Crippen molar-refractivity contribution < 1.29 is 8.42 Å². The molecule has 6 nitrogen and oxygen atoms in total. The summed E-state index contributed by atoms with van der Waals surface area (Å²) in [7, 11) is -1.94. The Morgan fingerprint density at radius 1 is 1.40 bits per heavy atom. The minimum absolute atomic E-state index is 0.0727. The second-order valence-electron chi connectivity index (χ2n) is 4.32. The van der Waals surface area contributed by atoms with Crippen molar-refractivity contribution in [2.24, 2.45) is 0 Å². The summed E-state index contributed by atoms with van der Waals surface area (Å²) in [5, 5.41) is 9.29. The van der Waals surface area contributed by atoms with E-state index >= 15 is 0 Å². The van der Waals surface area contributed by atoms with Crippen LogP contribution in [0.25, 0.3) is 0 Å². The largest absolute Gasteiger partial charge is 0.316 e. The fourth-order valence-corrected chi connectivity index (χ4v) is 3.27. The molecule has 1 aromatic heterocycles. The number of aryl methyl sites for hydroxylation is 1. The van der Waals surface area contributed by atoms with Gasteiger partial charge in [-0.3, -0.25) is 9.82 Å². The third-order valence-electron chi connectivity index (χ3n) is 2.74.